The predicted molar refractivity (Wildman–Crippen MR) is 88.9 cm³/mol. The molecule has 1 unspecified atom stereocenters. The minimum absolute atomic E-state index is 0.00963. The molecule has 0 saturated carbocycles. The van der Waals surface area contributed by atoms with E-state index in [-0.39, 0.29) is 11.7 Å². The summed E-state index contributed by atoms with van der Waals surface area (Å²) in [6.07, 6.45) is 5.84. The molecule has 1 N–H and O–H groups in total. The highest BCUT2D eigenvalue weighted by molar-refractivity contribution is 5.30. The zero-order chi connectivity index (χ0) is 16.9. The van der Waals surface area contributed by atoms with Gasteiger partial charge in [0.15, 0.2) is 5.82 Å². The quantitative estimate of drug-likeness (QED) is 0.830. The van der Waals surface area contributed by atoms with Crippen LogP contribution in [0.25, 0.3) is 0 Å². The van der Waals surface area contributed by atoms with Gasteiger partial charge in [-0.15, -0.1) is 0 Å². The van der Waals surface area contributed by atoms with Crippen molar-refractivity contribution >= 4 is 5.82 Å². The minimum Gasteiger partial charge on any atom is -0.374 e. The van der Waals surface area contributed by atoms with Crippen molar-refractivity contribution in [2.75, 3.05) is 31.6 Å². The standard InChI is InChI=1S/C16H23N5O3/c1-3-14-12(11-24-19-14)9-21-6-7-23-13(10-21)8-18-15-16(22)20(2)5-4-17-15/h4-5,11,13H,3,6-10H2,1-2H3,(H,17,18). The summed E-state index contributed by atoms with van der Waals surface area (Å²) in [5, 5.41) is 7.12. The molecule has 130 valence electrons. The van der Waals surface area contributed by atoms with Crippen LogP contribution in [0.4, 0.5) is 5.82 Å². The lowest BCUT2D eigenvalue weighted by molar-refractivity contribution is -0.0242. The molecule has 8 heteroatoms. The summed E-state index contributed by atoms with van der Waals surface area (Å²) in [5.74, 6) is 0.355. The lowest BCUT2D eigenvalue weighted by Gasteiger charge is -2.32. The third-order valence-corrected chi connectivity index (χ3v) is 4.19. The summed E-state index contributed by atoms with van der Waals surface area (Å²) < 4.78 is 12.4. The van der Waals surface area contributed by atoms with Gasteiger partial charge in [-0.3, -0.25) is 9.69 Å². The number of ether oxygens (including phenoxy) is 1. The van der Waals surface area contributed by atoms with E-state index in [4.69, 9.17) is 9.26 Å². The van der Waals surface area contributed by atoms with Crippen molar-refractivity contribution < 1.29 is 9.26 Å². The Morgan fingerprint density at radius 1 is 1.46 bits per heavy atom. The molecule has 3 heterocycles. The Kier molecular flexibility index (Phi) is 5.27. The van der Waals surface area contributed by atoms with Crippen LogP contribution in [0.3, 0.4) is 0 Å². The SMILES string of the molecule is CCc1nocc1CN1CCOC(CNc2nccn(C)c2=O)C1. The maximum Gasteiger partial charge on any atom is 0.293 e. The van der Waals surface area contributed by atoms with Gasteiger partial charge < -0.3 is 19.1 Å². The van der Waals surface area contributed by atoms with Crippen molar-refractivity contribution in [2.45, 2.75) is 26.0 Å². The topological polar surface area (TPSA) is 85.4 Å². The highest BCUT2D eigenvalue weighted by Gasteiger charge is 2.22. The van der Waals surface area contributed by atoms with Crippen LogP contribution in [0.15, 0.2) is 28.0 Å². The highest BCUT2D eigenvalue weighted by Crippen LogP contribution is 2.14. The highest BCUT2D eigenvalue weighted by atomic mass is 16.5. The molecule has 2 aromatic rings. The van der Waals surface area contributed by atoms with E-state index >= 15 is 0 Å². The number of aryl methyl sites for hydroxylation is 2. The third-order valence-electron chi connectivity index (χ3n) is 4.19. The van der Waals surface area contributed by atoms with Gasteiger partial charge in [-0.1, -0.05) is 12.1 Å². The molecule has 0 aromatic carbocycles. The normalized spacial score (nSPS) is 18.7. The Morgan fingerprint density at radius 3 is 3.17 bits per heavy atom. The molecule has 3 rings (SSSR count). The molecule has 1 fully saturated rings. The number of hydrogen-bond donors (Lipinski definition) is 1. The molecule has 0 spiro atoms. The first kappa shape index (κ1) is 16.7. The lowest BCUT2D eigenvalue weighted by Crippen LogP contribution is -2.45. The summed E-state index contributed by atoms with van der Waals surface area (Å²) in [4.78, 5) is 18.4. The monoisotopic (exact) mass is 333 g/mol. The number of hydrogen-bond acceptors (Lipinski definition) is 7. The largest absolute Gasteiger partial charge is 0.374 e. The smallest absolute Gasteiger partial charge is 0.293 e. The Balaban J connectivity index is 1.56. The van der Waals surface area contributed by atoms with E-state index in [0.29, 0.717) is 19.0 Å². The van der Waals surface area contributed by atoms with Crippen molar-refractivity contribution in [3.63, 3.8) is 0 Å². The van der Waals surface area contributed by atoms with Crippen LogP contribution in [-0.4, -0.2) is 52.0 Å². The van der Waals surface area contributed by atoms with E-state index in [1.807, 2.05) is 0 Å². The van der Waals surface area contributed by atoms with Gasteiger partial charge in [-0.2, -0.15) is 0 Å². The van der Waals surface area contributed by atoms with Crippen molar-refractivity contribution in [3.8, 4) is 0 Å². The van der Waals surface area contributed by atoms with Gasteiger partial charge in [0, 0.05) is 51.2 Å². The molecule has 0 aliphatic carbocycles. The van der Waals surface area contributed by atoms with Gasteiger partial charge in [0.05, 0.1) is 18.4 Å². The maximum atomic E-state index is 12.0. The van der Waals surface area contributed by atoms with Gasteiger partial charge in [0.25, 0.3) is 5.56 Å². The molecule has 0 bridgehead atoms. The van der Waals surface area contributed by atoms with Crippen LogP contribution >= 0.6 is 0 Å². The summed E-state index contributed by atoms with van der Waals surface area (Å²) in [6.45, 7) is 5.75. The Bertz CT molecular complexity index is 726. The minimum atomic E-state index is -0.137. The second kappa shape index (κ2) is 7.59. The lowest BCUT2D eigenvalue weighted by atomic mass is 10.2. The molecule has 2 aromatic heterocycles. The molecule has 0 amide bonds. The first-order chi connectivity index (χ1) is 11.7. The summed E-state index contributed by atoms with van der Waals surface area (Å²) >= 11 is 0. The Labute approximate surface area is 140 Å². The molecule has 8 nitrogen and oxygen atoms in total. The Morgan fingerprint density at radius 2 is 2.33 bits per heavy atom. The second-order valence-corrected chi connectivity index (χ2v) is 5.94. The van der Waals surface area contributed by atoms with Crippen LogP contribution in [-0.2, 0) is 24.8 Å². The fraction of sp³-hybridized carbons (Fsp3) is 0.562. The molecular formula is C16H23N5O3. The second-order valence-electron chi connectivity index (χ2n) is 5.94. The van der Waals surface area contributed by atoms with Crippen LogP contribution in [0, 0.1) is 0 Å². The molecule has 1 atom stereocenters. The molecular weight excluding hydrogens is 310 g/mol. The van der Waals surface area contributed by atoms with Crippen LogP contribution < -0.4 is 10.9 Å². The number of nitrogens with zero attached hydrogens (tertiary/aromatic N) is 4. The van der Waals surface area contributed by atoms with Gasteiger partial charge >= 0.3 is 0 Å². The number of morpholine rings is 1. The third kappa shape index (κ3) is 3.82. The number of aromatic nitrogens is 3. The summed E-state index contributed by atoms with van der Waals surface area (Å²) in [6, 6.07) is 0. The predicted octanol–water partition coefficient (Wildman–Crippen LogP) is 0.644. The first-order valence-corrected chi connectivity index (χ1v) is 8.19. The molecule has 1 aliphatic heterocycles. The summed E-state index contributed by atoms with van der Waals surface area (Å²) in [5.41, 5.74) is 2.00. The van der Waals surface area contributed by atoms with E-state index in [9.17, 15) is 4.79 Å². The average Bonchev–Trinajstić information content (AvgIpc) is 3.04. The van der Waals surface area contributed by atoms with E-state index in [0.717, 1.165) is 37.3 Å². The Hall–Kier alpha value is -2.19. The van der Waals surface area contributed by atoms with Crippen LogP contribution in [0.1, 0.15) is 18.2 Å². The van der Waals surface area contributed by atoms with Crippen molar-refractivity contribution in [3.05, 3.63) is 40.3 Å². The van der Waals surface area contributed by atoms with Crippen LogP contribution in [0.5, 0.6) is 0 Å². The molecule has 1 aliphatic rings. The van der Waals surface area contributed by atoms with E-state index in [2.05, 4.69) is 27.3 Å². The van der Waals surface area contributed by atoms with Crippen molar-refractivity contribution in [2.24, 2.45) is 7.05 Å². The van der Waals surface area contributed by atoms with Crippen molar-refractivity contribution in [1.82, 2.24) is 19.6 Å². The van der Waals surface area contributed by atoms with E-state index in [1.54, 1.807) is 25.7 Å². The first-order valence-electron chi connectivity index (χ1n) is 8.19. The molecule has 1 saturated heterocycles. The van der Waals surface area contributed by atoms with E-state index < -0.39 is 0 Å². The number of rotatable bonds is 6. The fourth-order valence-corrected chi connectivity index (χ4v) is 2.82. The van der Waals surface area contributed by atoms with Gasteiger partial charge in [0.1, 0.15) is 6.26 Å². The number of nitrogens with one attached hydrogen (secondary N) is 1. The fourth-order valence-electron chi connectivity index (χ4n) is 2.82. The van der Waals surface area contributed by atoms with Crippen LogP contribution in [0.2, 0.25) is 0 Å². The summed E-state index contributed by atoms with van der Waals surface area (Å²) in [7, 11) is 1.71. The number of anilines is 1. The average molecular weight is 333 g/mol. The van der Waals surface area contributed by atoms with Gasteiger partial charge in [0.2, 0.25) is 0 Å². The van der Waals surface area contributed by atoms with Crippen molar-refractivity contribution in [1.29, 1.82) is 0 Å². The molecule has 0 radical (unpaired) electrons. The van der Waals surface area contributed by atoms with E-state index in [1.165, 1.54) is 4.57 Å². The molecule has 24 heavy (non-hydrogen) atoms. The maximum absolute atomic E-state index is 12.0. The van der Waals surface area contributed by atoms with Gasteiger partial charge in [-0.25, -0.2) is 4.98 Å². The zero-order valence-corrected chi connectivity index (χ0v) is 14.1. The zero-order valence-electron chi connectivity index (χ0n) is 14.1. The van der Waals surface area contributed by atoms with Gasteiger partial charge in [-0.05, 0) is 6.42 Å².